The Morgan fingerprint density at radius 1 is 1.50 bits per heavy atom. The van der Waals surface area contributed by atoms with Gasteiger partial charge in [-0.25, -0.2) is 4.98 Å². The van der Waals surface area contributed by atoms with Crippen molar-refractivity contribution >= 4 is 11.7 Å². The van der Waals surface area contributed by atoms with Crippen LogP contribution in [0.4, 0.5) is 0 Å². The summed E-state index contributed by atoms with van der Waals surface area (Å²) < 4.78 is 7.81. The van der Waals surface area contributed by atoms with Crippen molar-refractivity contribution in [3.05, 3.63) is 23.8 Å². The molecule has 5 heterocycles. The molecule has 0 aliphatic carbocycles. The Kier molecular flexibility index (Phi) is 2.82. The lowest BCUT2D eigenvalue weighted by Gasteiger charge is -2.27. The average Bonchev–Trinajstić information content (AvgIpc) is 3.31. The van der Waals surface area contributed by atoms with Crippen molar-refractivity contribution in [2.75, 3.05) is 19.7 Å². The highest BCUT2D eigenvalue weighted by Crippen LogP contribution is 2.54. The quantitative estimate of drug-likeness (QED) is 0.836. The van der Waals surface area contributed by atoms with Gasteiger partial charge < -0.3 is 14.7 Å². The number of hydrogen-bond acceptors (Lipinski definition) is 6. The van der Waals surface area contributed by atoms with Crippen LogP contribution in [0.5, 0.6) is 0 Å². The Labute approximate surface area is 138 Å². The van der Waals surface area contributed by atoms with Crippen molar-refractivity contribution < 1.29 is 14.6 Å². The Morgan fingerprint density at radius 3 is 3.21 bits per heavy atom. The fourth-order valence-corrected chi connectivity index (χ4v) is 4.75. The van der Waals surface area contributed by atoms with Crippen LogP contribution in [-0.4, -0.2) is 66.9 Å². The zero-order valence-corrected chi connectivity index (χ0v) is 13.4. The minimum absolute atomic E-state index is 0.121. The molecule has 24 heavy (non-hydrogen) atoms. The highest BCUT2D eigenvalue weighted by Gasteiger charge is 2.63. The van der Waals surface area contributed by atoms with Gasteiger partial charge in [0.05, 0.1) is 18.2 Å². The van der Waals surface area contributed by atoms with Gasteiger partial charge in [-0.2, -0.15) is 0 Å². The van der Waals surface area contributed by atoms with E-state index in [9.17, 15) is 9.90 Å². The minimum atomic E-state index is -0.275. The summed E-state index contributed by atoms with van der Waals surface area (Å²) in [6, 6.07) is 1.83. The van der Waals surface area contributed by atoms with E-state index in [0.717, 1.165) is 18.5 Å². The van der Waals surface area contributed by atoms with Gasteiger partial charge in [0.25, 0.3) is 11.7 Å². The van der Waals surface area contributed by atoms with Gasteiger partial charge >= 0.3 is 0 Å². The first-order valence-electron chi connectivity index (χ1n) is 8.38. The van der Waals surface area contributed by atoms with Gasteiger partial charge in [-0.3, -0.25) is 9.20 Å². The lowest BCUT2D eigenvalue weighted by molar-refractivity contribution is 0.00140. The summed E-state index contributed by atoms with van der Waals surface area (Å²) in [7, 11) is 0. The van der Waals surface area contributed by atoms with Crippen LogP contribution in [0.1, 0.15) is 29.2 Å². The van der Waals surface area contributed by atoms with Gasteiger partial charge in [-0.05, 0) is 25.8 Å². The number of fused-ring (bicyclic) bond motifs is 2. The Morgan fingerprint density at radius 2 is 2.38 bits per heavy atom. The molecule has 3 saturated heterocycles. The van der Waals surface area contributed by atoms with E-state index in [4.69, 9.17) is 4.74 Å². The molecular formula is C16H19N5O3. The molecule has 2 bridgehead atoms. The first-order chi connectivity index (χ1) is 11.6. The monoisotopic (exact) mass is 329 g/mol. The van der Waals surface area contributed by atoms with E-state index in [1.54, 1.807) is 15.5 Å². The summed E-state index contributed by atoms with van der Waals surface area (Å²) in [5.41, 5.74) is 0.558. The molecule has 0 aromatic carbocycles. The van der Waals surface area contributed by atoms with Gasteiger partial charge in [0.2, 0.25) is 5.82 Å². The molecule has 1 N–H and O–H groups in total. The van der Waals surface area contributed by atoms with Crippen LogP contribution in [0.2, 0.25) is 0 Å². The minimum Gasteiger partial charge on any atom is -0.396 e. The summed E-state index contributed by atoms with van der Waals surface area (Å²) in [6.07, 6.45) is 3.86. The van der Waals surface area contributed by atoms with Crippen LogP contribution in [0.3, 0.4) is 0 Å². The van der Waals surface area contributed by atoms with Gasteiger partial charge in [0.15, 0.2) is 0 Å². The third-order valence-corrected chi connectivity index (χ3v) is 5.89. The van der Waals surface area contributed by atoms with Crippen LogP contribution in [0.15, 0.2) is 12.3 Å². The molecule has 0 radical (unpaired) electrons. The Balaban J connectivity index is 1.46. The zero-order chi connectivity index (χ0) is 16.5. The van der Waals surface area contributed by atoms with Gasteiger partial charge in [0, 0.05) is 36.9 Å². The fourth-order valence-electron chi connectivity index (χ4n) is 4.75. The molecule has 5 rings (SSSR count). The summed E-state index contributed by atoms with van der Waals surface area (Å²) in [5.74, 6) is 0.909. The number of hydrogen-bond donors (Lipinski definition) is 1. The maximum atomic E-state index is 13.0. The van der Waals surface area contributed by atoms with Crippen LogP contribution in [0.25, 0.3) is 5.78 Å². The highest BCUT2D eigenvalue weighted by molar-refractivity contribution is 5.91. The molecule has 0 saturated carbocycles. The number of carbonyl (C=O) groups excluding carboxylic acids is 1. The number of aryl methyl sites for hydroxylation is 1. The molecule has 1 spiro atoms. The third kappa shape index (κ3) is 1.75. The molecule has 3 fully saturated rings. The maximum absolute atomic E-state index is 13.0. The SMILES string of the molecule is Cc1ccn2c(C(=O)N3C[C@H]4[C@@H](CO)[C@@H]5CC[C@@]4(C3)O5)nnc2n1. The molecule has 3 aliphatic rings. The number of aliphatic hydroxyl groups excluding tert-OH is 1. The smallest absolute Gasteiger partial charge is 0.292 e. The van der Waals surface area contributed by atoms with Crippen molar-refractivity contribution in [3.63, 3.8) is 0 Å². The van der Waals surface area contributed by atoms with Crippen LogP contribution in [-0.2, 0) is 4.74 Å². The summed E-state index contributed by atoms with van der Waals surface area (Å²) in [6.45, 7) is 3.17. The standard InChI is InChI=1S/C16H19N5O3/c1-9-3-5-21-13(18-19-15(21)17-9)14(23)20-6-11-10(7-22)12-2-4-16(11,8-20)24-12/h3,5,10-12,22H,2,4,6-8H2,1H3/t10-,11+,12+,16+/m1/s1. The van der Waals surface area contributed by atoms with Crippen molar-refractivity contribution in [2.24, 2.45) is 11.8 Å². The van der Waals surface area contributed by atoms with Crippen molar-refractivity contribution in [2.45, 2.75) is 31.5 Å². The van der Waals surface area contributed by atoms with Crippen molar-refractivity contribution in [1.29, 1.82) is 0 Å². The molecule has 1 amide bonds. The summed E-state index contributed by atoms with van der Waals surface area (Å²) >= 11 is 0. The molecular weight excluding hydrogens is 310 g/mol. The maximum Gasteiger partial charge on any atom is 0.292 e. The zero-order valence-electron chi connectivity index (χ0n) is 13.4. The predicted octanol–water partition coefficient (Wildman–Crippen LogP) is 0.0446. The van der Waals surface area contributed by atoms with Crippen LogP contribution in [0, 0.1) is 18.8 Å². The van der Waals surface area contributed by atoms with E-state index in [-0.39, 0.29) is 41.9 Å². The Hall–Kier alpha value is -2.06. The van der Waals surface area contributed by atoms with E-state index >= 15 is 0 Å². The number of carbonyl (C=O) groups is 1. The van der Waals surface area contributed by atoms with E-state index in [1.807, 2.05) is 13.0 Å². The molecule has 2 aromatic rings. The number of ether oxygens (including phenoxy) is 1. The van der Waals surface area contributed by atoms with Gasteiger partial charge in [-0.1, -0.05) is 0 Å². The summed E-state index contributed by atoms with van der Waals surface area (Å²) in [4.78, 5) is 19.0. The molecule has 126 valence electrons. The van der Waals surface area contributed by atoms with E-state index in [0.29, 0.717) is 18.9 Å². The first kappa shape index (κ1) is 14.3. The number of rotatable bonds is 2. The molecule has 8 nitrogen and oxygen atoms in total. The second-order valence-corrected chi connectivity index (χ2v) is 7.16. The predicted molar refractivity (Wildman–Crippen MR) is 82.3 cm³/mol. The summed E-state index contributed by atoms with van der Waals surface area (Å²) in [5, 5.41) is 17.7. The van der Waals surface area contributed by atoms with Crippen molar-refractivity contribution in [3.8, 4) is 0 Å². The molecule has 4 atom stereocenters. The lowest BCUT2D eigenvalue weighted by Crippen LogP contribution is -2.38. The number of amides is 1. The molecule has 8 heteroatoms. The lowest BCUT2D eigenvalue weighted by atomic mass is 9.74. The number of likely N-dealkylation sites (tertiary alicyclic amines) is 1. The Bertz CT molecular complexity index is 836. The van der Waals surface area contributed by atoms with E-state index in [2.05, 4.69) is 15.2 Å². The molecule has 2 aromatic heterocycles. The fraction of sp³-hybridized carbons (Fsp3) is 0.625. The van der Waals surface area contributed by atoms with Crippen LogP contribution < -0.4 is 0 Å². The normalized spacial score (nSPS) is 34.2. The number of aliphatic hydroxyl groups is 1. The third-order valence-electron chi connectivity index (χ3n) is 5.89. The largest absolute Gasteiger partial charge is 0.396 e. The second kappa shape index (κ2) is 4.73. The van der Waals surface area contributed by atoms with Gasteiger partial charge in [0.1, 0.15) is 0 Å². The molecule has 0 unspecified atom stereocenters. The van der Waals surface area contributed by atoms with E-state index < -0.39 is 0 Å². The topological polar surface area (TPSA) is 92.9 Å². The van der Waals surface area contributed by atoms with Gasteiger partial charge in [-0.15, -0.1) is 10.2 Å². The average molecular weight is 329 g/mol. The van der Waals surface area contributed by atoms with Crippen molar-refractivity contribution in [1.82, 2.24) is 24.5 Å². The van der Waals surface area contributed by atoms with Crippen LogP contribution >= 0.6 is 0 Å². The van der Waals surface area contributed by atoms with E-state index in [1.165, 1.54) is 0 Å². The highest BCUT2D eigenvalue weighted by atomic mass is 16.5. The number of aromatic nitrogens is 4. The second-order valence-electron chi connectivity index (χ2n) is 7.16. The first-order valence-corrected chi connectivity index (χ1v) is 8.38. The molecule has 3 aliphatic heterocycles. The number of nitrogens with zero attached hydrogens (tertiary/aromatic N) is 5.